The van der Waals surface area contributed by atoms with E-state index in [0.29, 0.717) is 11.1 Å². The average Bonchev–Trinajstić information content (AvgIpc) is 3.36. The molecule has 4 heteroatoms. The molecule has 6 aromatic carbocycles. The first kappa shape index (κ1) is 25.0. The molecule has 0 radical (unpaired) electrons. The van der Waals surface area contributed by atoms with E-state index in [2.05, 4.69) is 84.9 Å². The van der Waals surface area contributed by atoms with Crippen LogP contribution in [0.5, 0.6) is 11.5 Å². The van der Waals surface area contributed by atoms with Crippen LogP contribution < -0.4 is 4.74 Å². The van der Waals surface area contributed by atoms with Crippen molar-refractivity contribution in [2.45, 2.75) is 5.41 Å². The van der Waals surface area contributed by atoms with Crippen LogP contribution in [0.25, 0.3) is 22.3 Å². The van der Waals surface area contributed by atoms with Crippen LogP contribution in [-0.2, 0) is 10.2 Å². The summed E-state index contributed by atoms with van der Waals surface area (Å²) in [4.78, 5) is 0. The standard InChI is InChI=1S/C39H26N2O2/c40-37(25-11-2-1-3-12-25)43-38(41)28-14-10-13-26(23-28)27-21-22-36-34(24-27)39(33-19-8-9-20-35(33)42-36)31-17-6-4-15-29(31)30-16-5-7-18-32(30)39/h1-24,40-41H. The molecular formula is C39H26N2O2. The second-order valence-electron chi connectivity index (χ2n) is 10.9. The van der Waals surface area contributed by atoms with Gasteiger partial charge in [-0.2, -0.15) is 0 Å². The van der Waals surface area contributed by atoms with Gasteiger partial charge in [-0.05, 0) is 75.8 Å². The van der Waals surface area contributed by atoms with Crippen LogP contribution in [0.2, 0.25) is 0 Å². The van der Waals surface area contributed by atoms with E-state index in [-0.39, 0.29) is 11.8 Å². The predicted molar refractivity (Wildman–Crippen MR) is 170 cm³/mol. The second-order valence-corrected chi connectivity index (χ2v) is 10.9. The number of nitrogens with one attached hydrogen (secondary N) is 2. The maximum absolute atomic E-state index is 8.61. The molecule has 0 atom stereocenters. The molecule has 1 aliphatic heterocycles. The van der Waals surface area contributed by atoms with E-state index in [9.17, 15) is 0 Å². The molecule has 8 rings (SSSR count). The molecule has 0 bridgehead atoms. The lowest BCUT2D eigenvalue weighted by Crippen LogP contribution is -2.32. The summed E-state index contributed by atoms with van der Waals surface area (Å²) in [6.45, 7) is 0. The van der Waals surface area contributed by atoms with Crippen molar-refractivity contribution in [3.8, 4) is 33.8 Å². The Bertz CT molecular complexity index is 2030. The van der Waals surface area contributed by atoms with E-state index in [4.69, 9.17) is 20.3 Å². The van der Waals surface area contributed by atoms with Gasteiger partial charge in [-0.3, -0.25) is 10.8 Å². The maximum atomic E-state index is 8.61. The summed E-state index contributed by atoms with van der Waals surface area (Å²) >= 11 is 0. The molecule has 0 saturated heterocycles. The largest absolute Gasteiger partial charge is 0.457 e. The summed E-state index contributed by atoms with van der Waals surface area (Å²) < 4.78 is 12.2. The van der Waals surface area contributed by atoms with Gasteiger partial charge in [0.1, 0.15) is 11.5 Å². The van der Waals surface area contributed by atoms with Gasteiger partial charge < -0.3 is 9.47 Å². The van der Waals surface area contributed by atoms with Gasteiger partial charge in [-0.15, -0.1) is 0 Å². The zero-order valence-electron chi connectivity index (χ0n) is 23.2. The summed E-state index contributed by atoms with van der Waals surface area (Å²) in [6.07, 6.45) is 0. The Morgan fingerprint density at radius 3 is 1.77 bits per heavy atom. The topological polar surface area (TPSA) is 66.2 Å². The fourth-order valence-corrected chi connectivity index (χ4v) is 6.69. The molecule has 0 fully saturated rings. The van der Waals surface area contributed by atoms with E-state index in [1.54, 1.807) is 12.1 Å². The number of fused-ring (bicyclic) bond motifs is 9. The van der Waals surface area contributed by atoms with Crippen molar-refractivity contribution in [2.24, 2.45) is 0 Å². The summed E-state index contributed by atoms with van der Waals surface area (Å²) in [7, 11) is 0. The van der Waals surface area contributed by atoms with Crippen molar-refractivity contribution < 1.29 is 9.47 Å². The van der Waals surface area contributed by atoms with Gasteiger partial charge in [0.05, 0.1) is 5.41 Å². The maximum Gasteiger partial charge on any atom is 0.221 e. The number of hydrogen-bond acceptors (Lipinski definition) is 4. The minimum Gasteiger partial charge on any atom is -0.457 e. The number of para-hydroxylation sites is 1. The Balaban J connectivity index is 1.27. The zero-order chi connectivity index (χ0) is 29.0. The number of ether oxygens (including phenoxy) is 2. The van der Waals surface area contributed by atoms with Crippen molar-refractivity contribution in [3.63, 3.8) is 0 Å². The highest BCUT2D eigenvalue weighted by atomic mass is 16.5. The lowest BCUT2D eigenvalue weighted by atomic mass is 9.66. The van der Waals surface area contributed by atoms with Crippen LogP contribution in [0.3, 0.4) is 0 Å². The normalized spacial score (nSPS) is 13.2. The molecule has 0 saturated carbocycles. The van der Waals surface area contributed by atoms with Crippen LogP contribution in [0, 0.1) is 10.8 Å². The Kier molecular flexibility index (Phi) is 5.63. The van der Waals surface area contributed by atoms with Crippen molar-refractivity contribution in [3.05, 3.63) is 179 Å². The number of rotatable bonds is 3. The molecule has 204 valence electrons. The molecule has 4 nitrogen and oxygen atoms in total. The van der Waals surface area contributed by atoms with E-state index >= 15 is 0 Å². The summed E-state index contributed by atoms with van der Waals surface area (Å²) in [5.41, 5.74) is 9.82. The fraction of sp³-hybridized carbons (Fsp3) is 0.0256. The van der Waals surface area contributed by atoms with Gasteiger partial charge in [-0.1, -0.05) is 103 Å². The molecule has 2 aliphatic rings. The third-order valence-corrected chi connectivity index (χ3v) is 8.55. The average molecular weight is 555 g/mol. The summed E-state index contributed by atoms with van der Waals surface area (Å²) in [6, 6.07) is 49.1. The van der Waals surface area contributed by atoms with Crippen LogP contribution in [0.15, 0.2) is 146 Å². The Morgan fingerprint density at radius 1 is 0.465 bits per heavy atom. The molecule has 2 N–H and O–H groups in total. The number of benzene rings is 6. The highest BCUT2D eigenvalue weighted by Crippen LogP contribution is 2.62. The quantitative estimate of drug-likeness (QED) is 0.169. The molecule has 0 unspecified atom stereocenters. The number of hydrogen-bond donors (Lipinski definition) is 2. The molecular weight excluding hydrogens is 528 g/mol. The van der Waals surface area contributed by atoms with Gasteiger partial charge in [0.15, 0.2) is 0 Å². The van der Waals surface area contributed by atoms with Crippen LogP contribution in [-0.4, -0.2) is 11.8 Å². The smallest absolute Gasteiger partial charge is 0.221 e. The van der Waals surface area contributed by atoms with E-state index in [0.717, 1.165) is 33.8 Å². The minimum absolute atomic E-state index is 0.0545. The minimum atomic E-state index is -0.536. The molecule has 0 amide bonds. The monoisotopic (exact) mass is 554 g/mol. The van der Waals surface area contributed by atoms with Crippen LogP contribution in [0.4, 0.5) is 0 Å². The van der Waals surface area contributed by atoms with Gasteiger partial charge >= 0.3 is 0 Å². The molecule has 0 aromatic heterocycles. The highest BCUT2D eigenvalue weighted by Gasteiger charge is 2.50. The zero-order valence-corrected chi connectivity index (χ0v) is 23.2. The second kappa shape index (κ2) is 9.68. The van der Waals surface area contributed by atoms with Gasteiger partial charge in [0, 0.05) is 22.3 Å². The van der Waals surface area contributed by atoms with E-state index < -0.39 is 5.41 Å². The van der Waals surface area contributed by atoms with Gasteiger partial charge in [0.2, 0.25) is 11.8 Å². The first-order chi connectivity index (χ1) is 21.1. The fourth-order valence-electron chi connectivity index (χ4n) is 6.69. The predicted octanol–water partition coefficient (Wildman–Crippen LogP) is 9.19. The summed E-state index contributed by atoms with van der Waals surface area (Å²) in [5, 5.41) is 16.9. The van der Waals surface area contributed by atoms with Crippen molar-refractivity contribution in [1.82, 2.24) is 0 Å². The third kappa shape index (κ3) is 3.77. The van der Waals surface area contributed by atoms with Crippen molar-refractivity contribution in [2.75, 3.05) is 0 Å². The van der Waals surface area contributed by atoms with Crippen molar-refractivity contribution in [1.29, 1.82) is 10.8 Å². The van der Waals surface area contributed by atoms with Crippen LogP contribution in [0.1, 0.15) is 33.4 Å². The Hall–Kier alpha value is -5.74. The molecule has 6 aromatic rings. The van der Waals surface area contributed by atoms with E-state index in [1.807, 2.05) is 48.5 Å². The van der Waals surface area contributed by atoms with Crippen molar-refractivity contribution >= 4 is 11.8 Å². The van der Waals surface area contributed by atoms with Crippen LogP contribution >= 0.6 is 0 Å². The SMILES string of the molecule is N=C(OC(=N)c1cccc(-c2ccc3c(c2)C2(c4ccccc4O3)c3ccccc3-c3ccccc32)c1)c1ccccc1. The Labute approximate surface area is 249 Å². The summed E-state index contributed by atoms with van der Waals surface area (Å²) in [5.74, 6) is 1.57. The highest BCUT2D eigenvalue weighted by molar-refractivity contribution is 6.05. The molecule has 1 heterocycles. The molecule has 1 aliphatic carbocycles. The first-order valence-electron chi connectivity index (χ1n) is 14.3. The third-order valence-electron chi connectivity index (χ3n) is 8.55. The van der Waals surface area contributed by atoms with E-state index in [1.165, 1.54) is 22.3 Å². The lowest BCUT2D eigenvalue weighted by molar-refractivity contribution is 0.436. The van der Waals surface area contributed by atoms with Gasteiger partial charge in [-0.25, -0.2) is 0 Å². The first-order valence-corrected chi connectivity index (χ1v) is 14.3. The molecule has 43 heavy (non-hydrogen) atoms. The Morgan fingerprint density at radius 2 is 1.02 bits per heavy atom. The van der Waals surface area contributed by atoms with Gasteiger partial charge in [0.25, 0.3) is 0 Å². The molecule has 1 spiro atoms. The lowest BCUT2D eigenvalue weighted by Gasteiger charge is -2.39.